The Hall–Kier alpha value is -1.81. The van der Waals surface area contributed by atoms with Gasteiger partial charge in [0.2, 0.25) is 0 Å². The van der Waals surface area contributed by atoms with Crippen LogP contribution in [-0.2, 0) is 20.9 Å². The lowest BCUT2D eigenvalue weighted by atomic mass is 9.94. The average molecular weight is 320 g/mol. The fraction of sp³-hybridized carbons (Fsp3) is 0.412. The highest BCUT2D eigenvalue weighted by atomic mass is 35.5. The highest BCUT2D eigenvalue weighted by Gasteiger charge is 2.40. The van der Waals surface area contributed by atoms with Crippen LogP contribution >= 0.6 is 11.6 Å². The molecule has 4 nitrogen and oxygen atoms in total. The van der Waals surface area contributed by atoms with Crippen molar-refractivity contribution in [2.45, 2.75) is 19.4 Å². The Morgan fingerprint density at radius 2 is 2.05 bits per heavy atom. The summed E-state index contributed by atoms with van der Waals surface area (Å²) in [6.07, 6.45) is 6.15. The fourth-order valence-corrected chi connectivity index (χ4v) is 3.38. The molecule has 5 heteroatoms. The molecule has 22 heavy (non-hydrogen) atoms. The van der Waals surface area contributed by atoms with Crippen LogP contribution in [0, 0.1) is 17.8 Å². The number of nitrogens with one attached hydrogen (secondary N) is 1. The number of rotatable bonds is 5. The first-order chi connectivity index (χ1) is 10.6. The van der Waals surface area contributed by atoms with E-state index in [1.165, 1.54) is 0 Å². The van der Waals surface area contributed by atoms with Crippen molar-refractivity contribution in [3.63, 3.8) is 0 Å². The molecule has 1 aromatic carbocycles. The molecule has 0 saturated heterocycles. The Bertz CT molecular complexity index is 614. The normalized spacial score (nSPS) is 25.2. The van der Waals surface area contributed by atoms with E-state index in [0.29, 0.717) is 23.4 Å². The number of ether oxygens (including phenoxy) is 1. The van der Waals surface area contributed by atoms with Crippen molar-refractivity contribution in [1.29, 1.82) is 0 Å². The molecule has 2 aliphatic carbocycles. The molecule has 116 valence electrons. The predicted molar refractivity (Wildman–Crippen MR) is 83.1 cm³/mol. The van der Waals surface area contributed by atoms with Gasteiger partial charge >= 0.3 is 5.97 Å². The summed E-state index contributed by atoms with van der Waals surface area (Å²) in [6.45, 7) is 0.0911. The lowest BCUT2D eigenvalue weighted by Gasteiger charge is -2.16. The summed E-state index contributed by atoms with van der Waals surface area (Å²) in [5.74, 6) is 0.156. The third kappa shape index (κ3) is 3.33. The number of benzene rings is 1. The minimum atomic E-state index is -0.313. The molecule has 1 aromatic rings. The molecule has 1 N–H and O–H groups in total. The summed E-state index contributed by atoms with van der Waals surface area (Å²) in [4.78, 5) is 23.8. The second-order valence-electron chi connectivity index (χ2n) is 5.86. The van der Waals surface area contributed by atoms with Gasteiger partial charge in [-0.25, -0.2) is 0 Å². The van der Waals surface area contributed by atoms with Crippen LogP contribution in [0.3, 0.4) is 0 Å². The highest BCUT2D eigenvalue weighted by molar-refractivity contribution is 6.31. The quantitative estimate of drug-likeness (QED) is 0.670. The Labute approximate surface area is 134 Å². The zero-order valence-electron chi connectivity index (χ0n) is 12.1. The summed E-state index contributed by atoms with van der Waals surface area (Å²) >= 11 is 6.01. The molecule has 2 aliphatic rings. The van der Waals surface area contributed by atoms with Gasteiger partial charge in [-0.2, -0.15) is 0 Å². The van der Waals surface area contributed by atoms with E-state index in [-0.39, 0.29) is 24.4 Å². The zero-order valence-corrected chi connectivity index (χ0v) is 12.9. The van der Waals surface area contributed by atoms with Crippen LogP contribution in [0.2, 0.25) is 5.02 Å². The average Bonchev–Trinajstić information content (AvgIpc) is 3.15. The first kappa shape index (κ1) is 15.1. The maximum absolute atomic E-state index is 12.0. The summed E-state index contributed by atoms with van der Waals surface area (Å²) in [5.41, 5.74) is 0.835. The third-order valence-corrected chi connectivity index (χ3v) is 4.73. The van der Waals surface area contributed by atoms with E-state index in [1.54, 1.807) is 6.07 Å². The molecular formula is C17H18ClNO3. The number of amides is 1. The first-order valence-electron chi connectivity index (χ1n) is 7.48. The van der Waals surface area contributed by atoms with E-state index in [1.807, 2.05) is 18.2 Å². The molecule has 2 bridgehead atoms. The third-order valence-electron chi connectivity index (χ3n) is 4.36. The van der Waals surface area contributed by atoms with Crippen molar-refractivity contribution in [2.75, 3.05) is 6.61 Å². The molecule has 1 amide bonds. The van der Waals surface area contributed by atoms with Gasteiger partial charge in [0.25, 0.3) is 5.91 Å². The number of hydrogen-bond donors (Lipinski definition) is 1. The fourth-order valence-electron chi connectivity index (χ4n) is 3.18. The minimum Gasteiger partial charge on any atom is -0.455 e. The number of fused-ring (bicyclic) bond motifs is 2. The van der Waals surface area contributed by atoms with Crippen molar-refractivity contribution in [2.24, 2.45) is 17.8 Å². The van der Waals surface area contributed by atoms with Crippen LogP contribution in [0.15, 0.2) is 36.4 Å². The smallest absolute Gasteiger partial charge is 0.310 e. The van der Waals surface area contributed by atoms with Gasteiger partial charge in [-0.1, -0.05) is 42.0 Å². The lowest BCUT2D eigenvalue weighted by Crippen LogP contribution is -2.31. The van der Waals surface area contributed by atoms with Gasteiger partial charge in [0, 0.05) is 11.6 Å². The summed E-state index contributed by atoms with van der Waals surface area (Å²) in [7, 11) is 0. The number of allylic oxidation sites excluding steroid dienone is 2. The number of hydrogen-bond acceptors (Lipinski definition) is 3. The number of esters is 1. The molecule has 0 aromatic heterocycles. The van der Waals surface area contributed by atoms with Crippen LogP contribution in [0.25, 0.3) is 0 Å². The minimum absolute atomic E-state index is 0.0774. The first-order valence-corrected chi connectivity index (χ1v) is 7.86. The number of carbonyl (C=O) groups is 2. The van der Waals surface area contributed by atoms with Crippen LogP contribution in [0.4, 0.5) is 0 Å². The Balaban J connectivity index is 1.42. The Morgan fingerprint density at radius 3 is 2.73 bits per heavy atom. The van der Waals surface area contributed by atoms with Gasteiger partial charge < -0.3 is 10.1 Å². The van der Waals surface area contributed by atoms with Gasteiger partial charge in [0.05, 0.1) is 5.92 Å². The molecule has 1 fully saturated rings. The predicted octanol–water partition coefficient (Wildman–Crippen LogP) is 2.71. The molecule has 0 heterocycles. The molecular weight excluding hydrogens is 302 g/mol. The van der Waals surface area contributed by atoms with Crippen LogP contribution in [0.5, 0.6) is 0 Å². The van der Waals surface area contributed by atoms with Gasteiger partial charge in [0.1, 0.15) is 0 Å². The van der Waals surface area contributed by atoms with E-state index >= 15 is 0 Å². The van der Waals surface area contributed by atoms with Crippen molar-refractivity contribution in [3.8, 4) is 0 Å². The molecule has 1 saturated carbocycles. The topological polar surface area (TPSA) is 55.4 Å². The second-order valence-corrected chi connectivity index (χ2v) is 6.27. The molecule has 0 spiro atoms. The maximum Gasteiger partial charge on any atom is 0.310 e. The Kier molecular flexibility index (Phi) is 4.48. The van der Waals surface area contributed by atoms with Crippen molar-refractivity contribution in [3.05, 3.63) is 47.0 Å². The maximum atomic E-state index is 12.0. The summed E-state index contributed by atoms with van der Waals surface area (Å²) in [6, 6.07) is 7.30. The summed E-state index contributed by atoms with van der Waals surface area (Å²) in [5, 5.41) is 3.31. The second kappa shape index (κ2) is 6.53. The van der Waals surface area contributed by atoms with Gasteiger partial charge in [-0.3, -0.25) is 9.59 Å². The van der Waals surface area contributed by atoms with Crippen molar-refractivity contribution >= 4 is 23.5 Å². The molecule has 3 rings (SSSR count). The SMILES string of the molecule is O=C(COC(=O)[C@H]1C[C@H]2C=C[C@H]1C2)NCc1ccccc1Cl. The van der Waals surface area contributed by atoms with Crippen LogP contribution in [0.1, 0.15) is 18.4 Å². The van der Waals surface area contributed by atoms with E-state index in [0.717, 1.165) is 18.4 Å². The van der Waals surface area contributed by atoms with Gasteiger partial charge in [-0.15, -0.1) is 0 Å². The number of halogens is 1. The van der Waals surface area contributed by atoms with Crippen LogP contribution < -0.4 is 5.32 Å². The standard InChI is InChI=1S/C17H18ClNO3/c18-15-4-2-1-3-13(15)9-19-16(20)10-22-17(21)14-8-11-5-6-12(14)7-11/h1-6,11-12,14H,7-10H2,(H,19,20)/t11-,12-,14-/m0/s1. The van der Waals surface area contributed by atoms with E-state index < -0.39 is 0 Å². The zero-order chi connectivity index (χ0) is 15.5. The molecule has 0 radical (unpaired) electrons. The summed E-state index contributed by atoms with van der Waals surface area (Å²) < 4.78 is 5.14. The lowest BCUT2D eigenvalue weighted by molar-refractivity contribution is -0.153. The van der Waals surface area contributed by atoms with Crippen molar-refractivity contribution < 1.29 is 14.3 Å². The molecule has 0 aliphatic heterocycles. The largest absolute Gasteiger partial charge is 0.455 e. The van der Waals surface area contributed by atoms with E-state index in [2.05, 4.69) is 17.5 Å². The van der Waals surface area contributed by atoms with Crippen molar-refractivity contribution in [1.82, 2.24) is 5.32 Å². The van der Waals surface area contributed by atoms with Gasteiger partial charge in [0.15, 0.2) is 6.61 Å². The molecule has 3 atom stereocenters. The Morgan fingerprint density at radius 1 is 1.23 bits per heavy atom. The highest BCUT2D eigenvalue weighted by Crippen LogP contribution is 2.43. The van der Waals surface area contributed by atoms with Crippen LogP contribution in [-0.4, -0.2) is 18.5 Å². The van der Waals surface area contributed by atoms with E-state index in [9.17, 15) is 9.59 Å². The van der Waals surface area contributed by atoms with E-state index in [4.69, 9.17) is 16.3 Å². The molecule has 0 unspecified atom stereocenters. The number of carbonyl (C=O) groups excluding carboxylic acids is 2. The monoisotopic (exact) mass is 319 g/mol. The van der Waals surface area contributed by atoms with Gasteiger partial charge in [-0.05, 0) is 36.3 Å².